The molecule has 7 heteroatoms. The number of hydrogen-bond acceptors (Lipinski definition) is 7. The molecule has 0 saturated carbocycles. The number of hydrogen-bond donors (Lipinski definition) is 1. The molecule has 0 radical (unpaired) electrons. The van der Waals surface area contributed by atoms with Crippen LogP contribution in [0.1, 0.15) is 30.5 Å². The van der Waals surface area contributed by atoms with Crippen molar-refractivity contribution in [3.8, 4) is 10.7 Å². The van der Waals surface area contributed by atoms with Gasteiger partial charge in [0.05, 0.1) is 23.5 Å². The summed E-state index contributed by atoms with van der Waals surface area (Å²) < 4.78 is 5.43. The Hall–Kier alpha value is -1.54. The number of nitrogens with two attached hydrogens (primary N) is 1. The second-order valence-electron chi connectivity index (χ2n) is 7.67. The van der Waals surface area contributed by atoms with E-state index >= 15 is 0 Å². The second kappa shape index (κ2) is 6.88. The van der Waals surface area contributed by atoms with Gasteiger partial charge in [-0.15, -0.1) is 22.7 Å². The molecule has 1 saturated heterocycles. The molecule has 3 aromatic heterocycles. The molecular weight excluding hydrogens is 364 g/mol. The molecule has 1 fully saturated rings. The summed E-state index contributed by atoms with van der Waals surface area (Å²) in [5.74, 6) is 1.30. The Bertz CT molecular complexity index is 919. The first-order chi connectivity index (χ1) is 12.4. The highest BCUT2D eigenvalue weighted by Gasteiger charge is 2.19. The fraction of sp³-hybridized carbons (Fsp3) is 0.474. The van der Waals surface area contributed by atoms with Gasteiger partial charge in [0.25, 0.3) is 0 Å². The zero-order valence-electron chi connectivity index (χ0n) is 15.4. The number of nitrogen functional groups attached to an aromatic ring is 1. The minimum Gasteiger partial charge on any atom is -0.383 e. The number of nitrogens with zero attached hydrogens (tertiary/aromatic N) is 3. The molecule has 0 spiro atoms. The number of morpholine rings is 1. The SMILES string of the molecule is CC(C)(C)c1ccc(-c2nc(N)c3cc(CN4CCOCC4)sc3n2)s1. The second-order valence-corrected chi connectivity index (χ2v) is 9.87. The Morgan fingerprint density at radius 1 is 1.15 bits per heavy atom. The molecule has 0 aliphatic carbocycles. The topological polar surface area (TPSA) is 64.3 Å². The quantitative estimate of drug-likeness (QED) is 0.731. The molecule has 5 nitrogen and oxygen atoms in total. The summed E-state index contributed by atoms with van der Waals surface area (Å²) in [7, 11) is 0. The highest BCUT2D eigenvalue weighted by molar-refractivity contribution is 7.18. The molecule has 0 atom stereocenters. The van der Waals surface area contributed by atoms with E-state index in [4.69, 9.17) is 15.5 Å². The molecule has 138 valence electrons. The first-order valence-electron chi connectivity index (χ1n) is 8.87. The lowest BCUT2D eigenvalue weighted by atomic mass is 9.95. The number of aromatic nitrogens is 2. The van der Waals surface area contributed by atoms with Crippen LogP contribution in [0, 0.1) is 0 Å². The Morgan fingerprint density at radius 2 is 1.92 bits per heavy atom. The Morgan fingerprint density at radius 3 is 2.62 bits per heavy atom. The highest BCUT2D eigenvalue weighted by Crippen LogP contribution is 2.36. The van der Waals surface area contributed by atoms with E-state index < -0.39 is 0 Å². The van der Waals surface area contributed by atoms with E-state index in [0.717, 1.165) is 53.8 Å². The number of ether oxygens (including phenoxy) is 1. The van der Waals surface area contributed by atoms with Gasteiger partial charge < -0.3 is 10.5 Å². The van der Waals surface area contributed by atoms with Crippen LogP contribution in [0.2, 0.25) is 0 Å². The van der Waals surface area contributed by atoms with Crippen molar-refractivity contribution < 1.29 is 4.74 Å². The lowest BCUT2D eigenvalue weighted by Crippen LogP contribution is -2.35. The van der Waals surface area contributed by atoms with Crippen LogP contribution in [0.5, 0.6) is 0 Å². The van der Waals surface area contributed by atoms with E-state index in [2.05, 4.69) is 48.9 Å². The van der Waals surface area contributed by atoms with E-state index in [1.807, 2.05) is 0 Å². The molecule has 3 aromatic rings. The summed E-state index contributed by atoms with van der Waals surface area (Å²) in [4.78, 5) is 16.5. The van der Waals surface area contributed by atoms with Crippen molar-refractivity contribution in [1.82, 2.24) is 14.9 Å². The van der Waals surface area contributed by atoms with Gasteiger partial charge in [-0.3, -0.25) is 4.90 Å². The molecular formula is C19H24N4OS2. The number of fused-ring (bicyclic) bond motifs is 1. The summed E-state index contributed by atoms with van der Waals surface area (Å²) in [6.45, 7) is 11.2. The minimum absolute atomic E-state index is 0.132. The van der Waals surface area contributed by atoms with Gasteiger partial charge >= 0.3 is 0 Å². The largest absolute Gasteiger partial charge is 0.383 e. The van der Waals surface area contributed by atoms with Crippen LogP contribution < -0.4 is 5.73 Å². The standard InChI is InChI=1S/C19H24N4OS2/c1-19(2,3)15-5-4-14(26-15)17-21-16(20)13-10-12(25-18(13)22-17)11-23-6-8-24-9-7-23/h4-5,10H,6-9,11H2,1-3H3,(H2,20,21,22). The summed E-state index contributed by atoms with van der Waals surface area (Å²) in [6.07, 6.45) is 0. The molecule has 0 aromatic carbocycles. The predicted molar refractivity (Wildman–Crippen MR) is 110 cm³/mol. The third kappa shape index (κ3) is 3.62. The molecule has 1 aliphatic rings. The van der Waals surface area contributed by atoms with E-state index in [0.29, 0.717) is 5.82 Å². The summed E-state index contributed by atoms with van der Waals surface area (Å²) in [6, 6.07) is 6.42. The monoisotopic (exact) mass is 388 g/mol. The maximum Gasteiger partial charge on any atom is 0.173 e. The maximum atomic E-state index is 6.26. The third-order valence-corrected chi connectivity index (χ3v) is 7.04. The van der Waals surface area contributed by atoms with Crippen molar-refractivity contribution in [2.45, 2.75) is 32.7 Å². The normalized spacial score (nSPS) is 16.4. The fourth-order valence-electron chi connectivity index (χ4n) is 3.02. The predicted octanol–water partition coefficient (Wildman–Crippen LogP) is 4.13. The summed E-state index contributed by atoms with van der Waals surface area (Å²) in [5, 5.41) is 0.967. The van der Waals surface area contributed by atoms with Crippen LogP contribution in [-0.4, -0.2) is 41.2 Å². The van der Waals surface area contributed by atoms with Gasteiger partial charge in [-0.1, -0.05) is 20.8 Å². The van der Waals surface area contributed by atoms with E-state index in [9.17, 15) is 0 Å². The lowest BCUT2D eigenvalue weighted by molar-refractivity contribution is 0.0346. The van der Waals surface area contributed by atoms with E-state index in [1.54, 1.807) is 22.7 Å². The summed E-state index contributed by atoms with van der Waals surface area (Å²) >= 11 is 3.46. The van der Waals surface area contributed by atoms with Crippen molar-refractivity contribution in [3.63, 3.8) is 0 Å². The first kappa shape index (κ1) is 17.9. The lowest BCUT2D eigenvalue weighted by Gasteiger charge is -2.25. The zero-order chi connectivity index (χ0) is 18.3. The van der Waals surface area contributed by atoms with Gasteiger partial charge in [0.15, 0.2) is 5.82 Å². The van der Waals surface area contributed by atoms with Crippen LogP contribution in [0.25, 0.3) is 20.9 Å². The van der Waals surface area contributed by atoms with E-state index in [1.165, 1.54) is 9.75 Å². The average molecular weight is 389 g/mol. The van der Waals surface area contributed by atoms with Crippen LogP contribution in [0.4, 0.5) is 5.82 Å². The van der Waals surface area contributed by atoms with E-state index in [-0.39, 0.29) is 5.41 Å². The smallest absolute Gasteiger partial charge is 0.173 e. The Kier molecular flexibility index (Phi) is 4.73. The third-order valence-electron chi connectivity index (χ3n) is 4.52. The first-order valence-corrected chi connectivity index (χ1v) is 10.5. The molecule has 0 unspecified atom stereocenters. The van der Waals surface area contributed by atoms with Crippen molar-refractivity contribution in [2.75, 3.05) is 32.0 Å². The van der Waals surface area contributed by atoms with Crippen LogP contribution in [0.3, 0.4) is 0 Å². The van der Waals surface area contributed by atoms with Crippen LogP contribution >= 0.6 is 22.7 Å². The highest BCUT2D eigenvalue weighted by atomic mass is 32.1. The average Bonchev–Trinajstić information content (AvgIpc) is 3.22. The molecule has 0 amide bonds. The zero-order valence-corrected chi connectivity index (χ0v) is 17.0. The molecule has 4 heterocycles. The van der Waals surface area contributed by atoms with Crippen molar-refractivity contribution in [1.29, 1.82) is 0 Å². The molecule has 26 heavy (non-hydrogen) atoms. The van der Waals surface area contributed by atoms with Gasteiger partial charge in [0.1, 0.15) is 10.6 Å². The number of anilines is 1. The number of thiophene rings is 2. The Labute approximate surface area is 161 Å². The van der Waals surface area contributed by atoms with Gasteiger partial charge in [0, 0.05) is 29.4 Å². The molecule has 1 aliphatic heterocycles. The van der Waals surface area contributed by atoms with Crippen molar-refractivity contribution in [2.24, 2.45) is 0 Å². The van der Waals surface area contributed by atoms with Crippen molar-refractivity contribution >= 4 is 38.7 Å². The Balaban J connectivity index is 1.64. The van der Waals surface area contributed by atoms with Gasteiger partial charge in [-0.25, -0.2) is 9.97 Å². The van der Waals surface area contributed by atoms with Crippen molar-refractivity contribution in [3.05, 3.63) is 28.0 Å². The van der Waals surface area contributed by atoms with Crippen LogP contribution in [0.15, 0.2) is 18.2 Å². The van der Waals surface area contributed by atoms with Gasteiger partial charge in [-0.2, -0.15) is 0 Å². The minimum atomic E-state index is 0.132. The maximum absolute atomic E-state index is 6.26. The molecule has 4 rings (SSSR count). The van der Waals surface area contributed by atoms with Gasteiger partial charge in [-0.05, 0) is 23.6 Å². The van der Waals surface area contributed by atoms with Gasteiger partial charge in [0.2, 0.25) is 0 Å². The summed E-state index contributed by atoms with van der Waals surface area (Å²) in [5.41, 5.74) is 6.39. The van der Waals surface area contributed by atoms with Crippen LogP contribution in [-0.2, 0) is 16.7 Å². The molecule has 0 bridgehead atoms. The fourth-order valence-corrected chi connectivity index (χ4v) is 5.10. The molecule has 2 N–H and O–H groups in total. The number of rotatable bonds is 3.